The summed E-state index contributed by atoms with van der Waals surface area (Å²) in [6.07, 6.45) is 6.20. The van der Waals surface area contributed by atoms with Gasteiger partial charge in [0.2, 0.25) is 0 Å². The van der Waals surface area contributed by atoms with Gasteiger partial charge in [0.1, 0.15) is 0 Å². The van der Waals surface area contributed by atoms with Crippen LogP contribution in [-0.2, 0) is 12.6 Å². The number of amides is 1. The number of fused-ring (bicyclic) bond motifs is 2. The van der Waals surface area contributed by atoms with Crippen molar-refractivity contribution in [2.75, 3.05) is 0 Å². The first-order valence-corrected chi connectivity index (χ1v) is 8.97. The Bertz CT molecular complexity index is 1010. The molecule has 2 saturated carbocycles. The smallest absolute Gasteiger partial charge is 0.254 e. The van der Waals surface area contributed by atoms with Gasteiger partial charge in [-0.1, -0.05) is 11.6 Å². The number of carbonyl (C=O) groups excluding carboxylic acids is 1. The van der Waals surface area contributed by atoms with E-state index < -0.39 is 5.60 Å². The van der Waals surface area contributed by atoms with Crippen molar-refractivity contribution in [2.24, 2.45) is 18.9 Å². The zero-order valence-corrected chi connectivity index (χ0v) is 14.9. The number of aliphatic hydroxyl groups is 1. The van der Waals surface area contributed by atoms with Crippen LogP contribution in [-0.4, -0.2) is 37.0 Å². The van der Waals surface area contributed by atoms with Crippen molar-refractivity contribution >= 4 is 28.4 Å². The summed E-state index contributed by atoms with van der Waals surface area (Å²) in [4.78, 5) is 12.3. The summed E-state index contributed by atoms with van der Waals surface area (Å²) in [6, 6.07) is 3.75. The van der Waals surface area contributed by atoms with Crippen LogP contribution in [0.2, 0.25) is 5.02 Å². The van der Waals surface area contributed by atoms with Crippen LogP contribution in [0.4, 0.5) is 0 Å². The third kappa shape index (κ3) is 2.34. The van der Waals surface area contributed by atoms with Crippen LogP contribution in [0.25, 0.3) is 10.9 Å². The molecule has 4 atom stereocenters. The van der Waals surface area contributed by atoms with Crippen molar-refractivity contribution in [3.05, 3.63) is 46.9 Å². The molecule has 0 saturated heterocycles. The predicted octanol–water partition coefficient (Wildman–Crippen LogP) is 1.98. The Balaban J connectivity index is 1.33. The lowest BCUT2D eigenvalue weighted by Crippen LogP contribution is -2.33. The van der Waals surface area contributed by atoms with Crippen molar-refractivity contribution in [1.82, 2.24) is 25.3 Å². The van der Waals surface area contributed by atoms with Gasteiger partial charge in [-0.3, -0.25) is 14.6 Å². The van der Waals surface area contributed by atoms with Crippen molar-refractivity contribution in [2.45, 2.75) is 24.5 Å². The van der Waals surface area contributed by atoms with Gasteiger partial charge >= 0.3 is 0 Å². The Kier molecular flexibility index (Phi) is 3.24. The highest BCUT2D eigenvalue weighted by atomic mass is 35.5. The molecule has 2 fully saturated rings. The normalized spacial score (nSPS) is 29.7. The average Bonchev–Trinajstić information content (AvgIpc) is 3.06. The molecule has 134 valence electrons. The molecule has 26 heavy (non-hydrogen) atoms. The Morgan fingerprint density at radius 1 is 1.38 bits per heavy atom. The van der Waals surface area contributed by atoms with Gasteiger partial charge in [-0.25, -0.2) is 0 Å². The molecule has 3 aromatic rings. The molecule has 0 unspecified atom stereocenters. The number of aromatic amines is 1. The van der Waals surface area contributed by atoms with E-state index in [1.54, 1.807) is 30.3 Å². The molecular formula is C18H18ClN5O2. The van der Waals surface area contributed by atoms with E-state index in [1.807, 2.05) is 12.1 Å². The fraction of sp³-hybridized carbons (Fsp3) is 0.389. The number of aromatic nitrogens is 4. The molecule has 2 aromatic heterocycles. The molecular weight excluding hydrogens is 354 g/mol. The van der Waals surface area contributed by atoms with Gasteiger partial charge in [0.25, 0.3) is 5.91 Å². The number of aryl methyl sites for hydroxylation is 1. The van der Waals surface area contributed by atoms with Crippen molar-refractivity contribution in [3.8, 4) is 0 Å². The Morgan fingerprint density at radius 3 is 2.85 bits per heavy atom. The molecule has 5 rings (SSSR count). The van der Waals surface area contributed by atoms with Gasteiger partial charge in [0, 0.05) is 29.7 Å². The van der Waals surface area contributed by atoms with E-state index in [0.717, 1.165) is 16.5 Å². The maximum absolute atomic E-state index is 12.3. The number of H-pyrrole nitrogens is 1. The number of halogens is 1. The Hall–Kier alpha value is -2.38. The number of hydrogen-bond acceptors (Lipinski definition) is 4. The summed E-state index contributed by atoms with van der Waals surface area (Å²) >= 11 is 6.21. The number of rotatable bonds is 3. The van der Waals surface area contributed by atoms with Gasteiger partial charge < -0.3 is 10.4 Å². The lowest BCUT2D eigenvalue weighted by atomic mass is 9.86. The molecule has 1 amide bonds. The van der Waals surface area contributed by atoms with Crippen molar-refractivity contribution in [3.63, 3.8) is 0 Å². The minimum absolute atomic E-state index is 0.110. The molecule has 8 heteroatoms. The maximum Gasteiger partial charge on any atom is 0.254 e. The fourth-order valence-corrected chi connectivity index (χ4v) is 4.69. The monoisotopic (exact) mass is 371 g/mol. The topological polar surface area (TPSA) is 95.8 Å². The predicted molar refractivity (Wildman–Crippen MR) is 95.7 cm³/mol. The molecule has 0 spiro atoms. The van der Waals surface area contributed by atoms with E-state index in [4.69, 9.17) is 11.6 Å². The van der Waals surface area contributed by atoms with Gasteiger partial charge in [-0.2, -0.15) is 10.2 Å². The first-order valence-electron chi connectivity index (χ1n) is 8.60. The Morgan fingerprint density at radius 2 is 2.15 bits per heavy atom. The second-order valence-corrected chi connectivity index (χ2v) is 7.89. The van der Waals surface area contributed by atoms with E-state index in [-0.39, 0.29) is 23.8 Å². The first kappa shape index (κ1) is 15.8. The molecule has 2 aliphatic rings. The Labute approximate surface area is 154 Å². The quantitative estimate of drug-likeness (QED) is 0.656. The van der Waals surface area contributed by atoms with E-state index >= 15 is 0 Å². The van der Waals surface area contributed by atoms with Crippen LogP contribution in [0.5, 0.6) is 0 Å². The van der Waals surface area contributed by atoms with Gasteiger partial charge in [-0.15, -0.1) is 0 Å². The highest BCUT2D eigenvalue weighted by Crippen LogP contribution is 2.60. The summed E-state index contributed by atoms with van der Waals surface area (Å²) < 4.78 is 1.61. The third-order valence-corrected chi connectivity index (χ3v) is 5.99. The van der Waals surface area contributed by atoms with Gasteiger partial charge in [0.15, 0.2) is 0 Å². The minimum atomic E-state index is -0.933. The molecule has 0 bridgehead atoms. The zero-order chi connectivity index (χ0) is 18.1. The summed E-state index contributed by atoms with van der Waals surface area (Å²) in [7, 11) is 1.78. The SMILES string of the molecule is Cn1cc(C(=O)N[C@H]2[C@@H]3C[C@@](O)(c4cc(Cl)cc5[nH]ncc45)C[C@@H]32)cn1. The third-order valence-electron chi connectivity index (χ3n) is 5.77. The highest BCUT2D eigenvalue weighted by Gasteiger charge is 2.62. The van der Waals surface area contributed by atoms with E-state index in [2.05, 4.69) is 20.6 Å². The van der Waals surface area contributed by atoms with Crippen molar-refractivity contribution < 1.29 is 9.90 Å². The zero-order valence-electron chi connectivity index (χ0n) is 14.1. The molecule has 3 N–H and O–H groups in total. The van der Waals surface area contributed by atoms with Crippen LogP contribution in [0.1, 0.15) is 28.8 Å². The fourth-order valence-electron chi connectivity index (χ4n) is 4.47. The second kappa shape index (κ2) is 5.31. The van der Waals surface area contributed by atoms with E-state index in [9.17, 15) is 9.90 Å². The van der Waals surface area contributed by atoms with Crippen LogP contribution in [0, 0.1) is 11.8 Å². The molecule has 1 aromatic carbocycles. The number of benzene rings is 1. The van der Waals surface area contributed by atoms with E-state index in [1.165, 1.54) is 0 Å². The largest absolute Gasteiger partial charge is 0.385 e. The molecule has 2 aliphatic carbocycles. The van der Waals surface area contributed by atoms with Crippen LogP contribution in [0.3, 0.4) is 0 Å². The van der Waals surface area contributed by atoms with Crippen LogP contribution < -0.4 is 5.32 Å². The number of nitrogens with zero attached hydrogens (tertiary/aromatic N) is 3. The number of hydrogen-bond donors (Lipinski definition) is 3. The lowest BCUT2D eigenvalue weighted by molar-refractivity contribution is 0.0293. The second-order valence-electron chi connectivity index (χ2n) is 7.45. The van der Waals surface area contributed by atoms with Crippen LogP contribution >= 0.6 is 11.6 Å². The van der Waals surface area contributed by atoms with Crippen LogP contribution in [0.15, 0.2) is 30.7 Å². The van der Waals surface area contributed by atoms with Gasteiger partial charge in [0.05, 0.1) is 29.1 Å². The highest BCUT2D eigenvalue weighted by molar-refractivity contribution is 6.31. The number of nitrogens with one attached hydrogen (secondary N) is 2. The first-order chi connectivity index (χ1) is 12.4. The average molecular weight is 372 g/mol. The molecule has 2 heterocycles. The molecule has 7 nitrogen and oxygen atoms in total. The van der Waals surface area contributed by atoms with E-state index in [0.29, 0.717) is 23.4 Å². The standard InChI is InChI=1S/C18H18ClN5O2/c1-24-8-9(6-21-24)17(25)22-16-11-4-18(26,5-12(11)16)14-2-10(19)3-15-13(14)7-20-23-15/h2-3,6-8,11-12,16,26H,4-5H2,1H3,(H,20,23)(H,22,25)/t11-,12+,16+,18+. The number of carbonyl (C=O) groups is 1. The minimum Gasteiger partial charge on any atom is -0.385 e. The molecule has 0 aliphatic heterocycles. The summed E-state index contributed by atoms with van der Waals surface area (Å²) in [5.74, 6) is 0.448. The summed E-state index contributed by atoms with van der Waals surface area (Å²) in [5, 5.41) is 26.8. The lowest BCUT2D eigenvalue weighted by Gasteiger charge is -2.27. The molecule has 0 radical (unpaired) electrons. The van der Waals surface area contributed by atoms with Crippen molar-refractivity contribution in [1.29, 1.82) is 0 Å². The van der Waals surface area contributed by atoms with Gasteiger partial charge in [-0.05, 0) is 42.4 Å². The maximum atomic E-state index is 12.3. The summed E-state index contributed by atoms with van der Waals surface area (Å²) in [6.45, 7) is 0. The summed E-state index contributed by atoms with van der Waals surface area (Å²) in [5.41, 5.74) is 1.27.